The Kier molecular flexibility index (Phi) is 5.72. The SMILES string of the molecule is NNC(=O)CCCCOc1ccc(F)c(Cl)c1. The lowest BCUT2D eigenvalue weighted by atomic mass is 10.2. The molecule has 0 bridgehead atoms. The van der Waals surface area contributed by atoms with E-state index in [4.69, 9.17) is 22.2 Å². The zero-order valence-electron chi connectivity index (χ0n) is 9.21. The molecule has 1 rings (SSSR count). The molecule has 1 amide bonds. The smallest absolute Gasteiger partial charge is 0.233 e. The van der Waals surface area contributed by atoms with Crippen LogP contribution in [0.2, 0.25) is 5.02 Å². The third-order valence-corrected chi connectivity index (χ3v) is 2.41. The maximum Gasteiger partial charge on any atom is 0.233 e. The Balaban J connectivity index is 2.22. The largest absolute Gasteiger partial charge is 0.494 e. The van der Waals surface area contributed by atoms with Crippen molar-refractivity contribution in [1.82, 2.24) is 5.43 Å². The van der Waals surface area contributed by atoms with E-state index in [9.17, 15) is 9.18 Å². The minimum Gasteiger partial charge on any atom is -0.494 e. The van der Waals surface area contributed by atoms with E-state index in [-0.39, 0.29) is 10.9 Å². The minimum absolute atomic E-state index is 0.0324. The number of halogens is 2. The molecular weight excluding hydrogens is 247 g/mol. The highest BCUT2D eigenvalue weighted by atomic mass is 35.5. The van der Waals surface area contributed by atoms with E-state index in [1.807, 2.05) is 5.43 Å². The van der Waals surface area contributed by atoms with Gasteiger partial charge in [-0.25, -0.2) is 10.2 Å². The van der Waals surface area contributed by atoms with E-state index < -0.39 is 5.82 Å². The van der Waals surface area contributed by atoms with Crippen molar-refractivity contribution in [2.24, 2.45) is 5.84 Å². The Morgan fingerprint density at radius 1 is 1.47 bits per heavy atom. The first-order valence-electron chi connectivity index (χ1n) is 5.21. The molecule has 17 heavy (non-hydrogen) atoms. The number of hydrogen-bond acceptors (Lipinski definition) is 3. The maximum absolute atomic E-state index is 12.8. The highest BCUT2D eigenvalue weighted by Crippen LogP contribution is 2.21. The Labute approximate surface area is 104 Å². The second kappa shape index (κ2) is 7.09. The summed E-state index contributed by atoms with van der Waals surface area (Å²) in [6.07, 6.45) is 1.75. The standard InChI is InChI=1S/C11H14ClFN2O2/c12-9-7-8(4-5-10(9)13)17-6-2-1-3-11(16)15-14/h4-5,7H,1-3,6,14H2,(H,15,16). The third kappa shape index (κ3) is 5.01. The molecule has 94 valence electrons. The zero-order chi connectivity index (χ0) is 12.7. The van der Waals surface area contributed by atoms with Crippen LogP contribution in [0.1, 0.15) is 19.3 Å². The summed E-state index contributed by atoms with van der Waals surface area (Å²) in [4.78, 5) is 10.8. The van der Waals surface area contributed by atoms with Crippen molar-refractivity contribution in [3.05, 3.63) is 29.0 Å². The average Bonchev–Trinajstić information content (AvgIpc) is 2.33. The summed E-state index contributed by atoms with van der Waals surface area (Å²) in [5, 5.41) is 0.0324. The number of nitrogens with two attached hydrogens (primary N) is 1. The van der Waals surface area contributed by atoms with Gasteiger partial charge in [0.25, 0.3) is 0 Å². The van der Waals surface area contributed by atoms with E-state index >= 15 is 0 Å². The number of amides is 1. The van der Waals surface area contributed by atoms with Crippen LogP contribution in [0.3, 0.4) is 0 Å². The molecule has 0 fully saturated rings. The van der Waals surface area contributed by atoms with Crippen molar-refractivity contribution < 1.29 is 13.9 Å². The summed E-state index contributed by atoms with van der Waals surface area (Å²) in [5.74, 6) is 4.77. The summed E-state index contributed by atoms with van der Waals surface area (Å²) in [6, 6.07) is 4.18. The Hall–Kier alpha value is -1.33. The van der Waals surface area contributed by atoms with Crippen LogP contribution >= 0.6 is 11.6 Å². The molecule has 3 N–H and O–H groups in total. The van der Waals surface area contributed by atoms with Gasteiger partial charge >= 0.3 is 0 Å². The van der Waals surface area contributed by atoms with E-state index in [1.165, 1.54) is 18.2 Å². The summed E-state index contributed by atoms with van der Waals surface area (Å²) >= 11 is 5.59. The van der Waals surface area contributed by atoms with Crippen LogP contribution in [0.4, 0.5) is 4.39 Å². The van der Waals surface area contributed by atoms with Gasteiger partial charge in [-0.05, 0) is 25.0 Å². The van der Waals surface area contributed by atoms with E-state index in [2.05, 4.69) is 0 Å². The first-order chi connectivity index (χ1) is 8.13. The summed E-state index contributed by atoms with van der Waals surface area (Å²) < 4.78 is 18.2. The van der Waals surface area contributed by atoms with Gasteiger partial charge in [-0.3, -0.25) is 10.2 Å². The van der Waals surface area contributed by atoms with Crippen LogP contribution in [-0.4, -0.2) is 12.5 Å². The second-order valence-electron chi connectivity index (χ2n) is 3.45. The zero-order valence-corrected chi connectivity index (χ0v) is 9.97. The van der Waals surface area contributed by atoms with Crippen molar-refractivity contribution in [2.75, 3.05) is 6.61 Å². The average molecular weight is 261 g/mol. The molecule has 0 aliphatic heterocycles. The summed E-state index contributed by atoms with van der Waals surface area (Å²) in [5.41, 5.74) is 2.05. The number of benzene rings is 1. The molecule has 0 aromatic heterocycles. The lowest BCUT2D eigenvalue weighted by molar-refractivity contribution is -0.121. The number of carbonyl (C=O) groups excluding carboxylic acids is 1. The first kappa shape index (κ1) is 13.7. The van der Waals surface area contributed by atoms with Crippen LogP contribution in [0, 0.1) is 5.82 Å². The summed E-state index contributed by atoms with van der Waals surface area (Å²) in [6.45, 7) is 0.444. The molecule has 0 aliphatic rings. The third-order valence-electron chi connectivity index (χ3n) is 2.12. The van der Waals surface area contributed by atoms with Gasteiger partial charge in [0.2, 0.25) is 5.91 Å². The van der Waals surface area contributed by atoms with Gasteiger partial charge in [-0.15, -0.1) is 0 Å². The first-order valence-corrected chi connectivity index (χ1v) is 5.58. The topological polar surface area (TPSA) is 64.3 Å². The van der Waals surface area contributed by atoms with Gasteiger partial charge in [0.15, 0.2) is 0 Å². The second-order valence-corrected chi connectivity index (χ2v) is 3.86. The lowest BCUT2D eigenvalue weighted by Gasteiger charge is -2.06. The Morgan fingerprint density at radius 2 is 2.24 bits per heavy atom. The van der Waals surface area contributed by atoms with Gasteiger partial charge in [-0.2, -0.15) is 0 Å². The maximum atomic E-state index is 12.8. The molecule has 1 aromatic carbocycles. The fourth-order valence-corrected chi connectivity index (χ4v) is 1.39. The molecule has 0 spiro atoms. The van der Waals surface area contributed by atoms with Crippen LogP contribution in [-0.2, 0) is 4.79 Å². The van der Waals surface area contributed by atoms with Crippen molar-refractivity contribution in [3.8, 4) is 5.75 Å². The van der Waals surface area contributed by atoms with Crippen LogP contribution in [0.15, 0.2) is 18.2 Å². The number of hydrazine groups is 1. The molecule has 0 unspecified atom stereocenters. The van der Waals surface area contributed by atoms with Crippen LogP contribution in [0.5, 0.6) is 5.75 Å². The summed E-state index contributed by atoms with van der Waals surface area (Å²) in [7, 11) is 0. The fourth-order valence-electron chi connectivity index (χ4n) is 1.22. The fraction of sp³-hybridized carbons (Fsp3) is 0.364. The van der Waals surface area contributed by atoms with Crippen molar-refractivity contribution >= 4 is 17.5 Å². The van der Waals surface area contributed by atoms with Crippen molar-refractivity contribution in [1.29, 1.82) is 0 Å². The predicted octanol–water partition coefficient (Wildman–Crippen LogP) is 2.02. The number of hydrogen-bond donors (Lipinski definition) is 2. The molecule has 1 aromatic rings. The molecule has 0 saturated carbocycles. The minimum atomic E-state index is -0.473. The lowest BCUT2D eigenvalue weighted by Crippen LogP contribution is -2.29. The van der Waals surface area contributed by atoms with E-state index in [0.29, 0.717) is 31.6 Å². The van der Waals surface area contributed by atoms with Gasteiger partial charge in [0.05, 0.1) is 11.6 Å². The highest BCUT2D eigenvalue weighted by Gasteiger charge is 2.02. The molecule has 0 saturated heterocycles. The van der Waals surface area contributed by atoms with Crippen molar-refractivity contribution in [2.45, 2.75) is 19.3 Å². The monoisotopic (exact) mass is 260 g/mol. The molecule has 0 radical (unpaired) electrons. The number of nitrogens with one attached hydrogen (secondary N) is 1. The van der Waals surface area contributed by atoms with Gasteiger partial charge in [0.1, 0.15) is 11.6 Å². The Bertz CT molecular complexity index is 388. The van der Waals surface area contributed by atoms with Gasteiger partial charge in [0, 0.05) is 12.5 Å². The number of carbonyl (C=O) groups is 1. The van der Waals surface area contributed by atoms with E-state index in [1.54, 1.807) is 0 Å². The van der Waals surface area contributed by atoms with Gasteiger partial charge in [-0.1, -0.05) is 11.6 Å². The normalized spacial score (nSPS) is 10.1. The van der Waals surface area contributed by atoms with Crippen LogP contribution in [0.25, 0.3) is 0 Å². The van der Waals surface area contributed by atoms with E-state index in [0.717, 1.165) is 0 Å². The molecular formula is C11H14ClFN2O2. The number of unbranched alkanes of at least 4 members (excludes halogenated alkanes) is 1. The number of rotatable bonds is 6. The van der Waals surface area contributed by atoms with Crippen LogP contribution < -0.4 is 16.0 Å². The molecule has 0 aliphatic carbocycles. The molecule has 0 heterocycles. The van der Waals surface area contributed by atoms with Crippen molar-refractivity contribution in [3.63, 3.8) is 0 Å². The molecule has 4 nitrogen and oxygen atoms in total. The Morgan fingerprint density at radius 3 is 2.88 bits per heavy atom. The highest BCUT2D eigenvalue weighted by molar-refractivity contribution is 6.30. The van der Waals surface area contributed by atoms with Gasteiger partial charge < -0.3 is 4.74 Å². The quantitative estimate of drug-likeness (QED) is 0.356. The predicted molar refractivity (Wildman–Crippen MR) is 63.1 cm³/mol. The molecule has 6 heteroatoms. The number of ether oxygens (including phenoxy) is 1. The molecule has 0 atom stereocenters.